The molecule has 1 aromatic carbocycles. The first kappa shape index (κ1) is 16.0. The van der Waals surface area contributed by atoms with Crippen LogP contribution in [0.4, 0.5) is 5.69 Å². The molecule has 1 aliphatic rings. The van der Waals surface area contributed by atoms with Crippen LogP contribution in [0.2, 0.25) is 5.02 Å². The van der Waals surface area contributed by atoms with Crippen LogP contribution >= 0.6 is 11.6 Å². The molecule has 1 saturated heterocycles. The Morgan fingerprint density at radius 1 is 1.62 bits per heavy atom. The maximum atomic E-state index is 12.0. The Labute approximate surface area is 128 Å². The molecule has 116 valence electrons. The second-order valence-electron chi connectivity index (χ2n) is 4.81. The molecular formula is C14H19ClN2O4. The van der Waals surface area contributed by atoms with E-state index in [0.29, 0.717) is 36.2 Å². The molecular weight excluding hydrogens is 296 g/mol. The van der Waals surface area contributed by atoms with E-state index in [1.165, 1.54) is 7.11 Å². The lowest BCUT2D eigenvalue weighted by atomic mass is 10.2. The fraction of sp³-hybridized carbons (Fsp3) is 0.500. The summed E-state index contributed by atoms with van der Waals surface area (Å²) in [5, 5.41) is 12.3. The number of halogens is 1. The van der Waals surface area contributed by atoms with Crippen molar-refractivity contribution in [2.45, 2.75) is 6.10 Å². The summed E-state index contributed by atoms with van der Waals surface area (Å²) in [6.45, 7) is 1.96. The van der Waals surface area contributed by atoms with Crippen molar-refractivity contribution in [3.05, 3.63) is 23.2 Å². The Morgan fingerprint density at radius 3 is 3.10 bits per heavy atom. The van der Waals surface area contributed by atoms with Gasteiger partial charge in [0.1, 0.15) is 5.75 Å². The molecule has 1 aromatic rings. The van der Waals surface area contributed by atoms with Gasteiger partial charge in [-0.3, -0.25) is 9.69 Å². The van der Waals surface area contributed by atoms with E-state index in [4.69, 9.17) is 26.2 Å². The number of aliphatic hydroxyl groups is 1. The van der Waals surface area contributed by atoms with E-state index in [2.05, 4.69) is 5.32 Å². The molecule has 2 N–H and O–H groups in total. The molecule has 0 saturated carbocycles. The summed E-state index contributed by atoms with van der Waals surface area (Å²) in [5.74, 6) is 0.434. The first-order valence-corrected chi connectivity index (χ1v) is 7.08. The molecule has 0 aliphatic carbocycles. The topological polar surface area (TPSA) is 71.0 Å². The van der Waals surface area contributed by atoms with E-state index >= 15 is 0 Å². The average Bonchev–Trinajstić information content (AvgIpc) is 2.47. The Morgan fingerprint density at radius 2 is 2.43 bits per heavy atom. The number of hydrogen-bond acceptors (Lipinski definition) is 5. The molecule has 0 aromatic heterocycles. The number of ether oxygens (including phenoxy) is 2. The van der Waals surface area contributed by atoms with Crippen LogP contribution in [0, 0.1) is 0 Å². The molecule has 1 aliphatic heterocycles. The standard InChI is InChI=1S/C14H19ClN2O4/c1-20-13-3-2-10(6-12(13)15)16-14(19)8-17-4-5-21-11(7-17)9-18/h2-3,6,11,18H,4-5,7-9H2,1H3,(H,16,19). The monoisotopic (exact) mass is 314 g/mol. The molecule has 1 atom stereocenters. The van der Waals surface area contributed by atoms with Gasteiger partial charge in [0.25, 0.3) is 0 Å². The van der Waals surface area contributed by atoms with Gasteiger partial charge in [-0.15, -0.1) is 0 Å². The number of benzene rings is 1. The molecule has 1 fully saturated rings. The number of nitrogens with one attached hydrogen (secondary N) is 1. The lowest BCUT2D eigenvalue weighted by Crippen LogP contribution is -2.46. The first-order chi connectivity index (χ1) is 10.1. The molecule has 0 radical (unpaired) electrons. The van der Waals surface area contributed by atoms with Crippen molar-refractivity contribution in [2.75, 3.05) is 45.3 Å². The lowest BCUT2D eigenvalue weighted by molar-refractivity contribution is -0.120. The van der Waals surface area contributed by atoms with Gasteiger partial charge in [-0.1, -0.05) is 11.6 Å². The normalized spacial score (nSPS) is 19.3. The van der Waals surface area contributed by atoms with E-state index in [-0.39, 0.29) is 25.2 Å². The summed E-state index contributed by atoms with van der Waals surface area (Å²) in [5.41, 5.74) is 0.623. The predicted molar refractivity (Wildman–Crippen MR) is 79.9 cm³/mol. The third-order valence-corrected chi connectivity index (χ3v) is 3.52. The van der Waals surface area contributed by atoms with Crippen molar-refractivity contribution >= 4 is 23.2 Å². The van der Waals surface area contributed by atoms with Crippen molar-refractivity contribution in [3.63, 3.8) is 0 Å². The summed E-state index contributed by atoms with van der Waals surface area (Å²) in [6.07, 6.45) is -0.220. The van der Waals surface area contributed by atoms with Crippen LogP contribution in [0.25, 0.3) is 0 Å². The van der Waals surface area contributed by atoms with Gasteiger partial charge in [0.05, 0.1) is 38.0 Å². The minimum Gasteiger partial charge on any atom is -0.495 e. The number of hydrogen-bond donors (Lipinski definition) is 2. The Hall–Kier alpha value is -1.34. The molecule has 7 heteroatoms. The third kappa shape index (κ3) is 4.57. The van der Waals surface area contributed by atoms with Crippen LogP contribution in [0.1, 0.15) is 0 Å². The molecule has 21 heavy (non-hydrogen) atoms. The summed E-state index contributed by atoms with van der Waals surface area (Å²) >= 11 is 6.01. The van der Waals surface area contributed by atoms with Gasteiger partial charge in [-0.05, 0) is 18.2 Å². The fourth-order valence-corrected chi connectivity index (χ4v) is 2.44. The number of methoxy groups -OCH3 is 1. The lowest BCUT2D eigenvalue weighted by Gasteiger charge is -2.31. The molecule has 1 heterocycles. The van der Waals surface area contributed by atoms with Crippen LogP contribution in [0.3, 0.4) is 0 Å². The highest BCUT2D eigenvalue weighted by Gasteiger charge is 2.21. The molecule has 1 amide bonds. The first-order valence-electron chi connectivity index (χ1n) is 6.70. The minimum atomic E-state index is -0.220. The van der Waals surface area contributed by atoms with Crippen LogP contribution in [-0.4, -0.2) is 62.0 Å². The van der Waals surface area contributed by atoms with Crippen molar-refractivity contribution < 1.29 is 19.4 Å². The van der Waals surface area contributed by atoms with Crippen molar-refractivity contribution in [2.24, 2.45) is 0 Å². The van der Waals surface area contributed by atoms with Crippen LogP contribution in [0.5, 0.6) is 5.75 Å². The van der Waals surface area contributed by atoms with E-state index in [0.717, 1.165) is 0 Å². The van der Waals surface area contributed by atoms with Crippen LogP contribution in [-0.2, 0) is 9.53 Å². The molecule has 1 unspecified atom stereocenters. The van der Waals surface area contributed by atoms with Gasteiger partial charge in [-0.25, -0.2) is 0 Å². The number of anilines is 1. The van der Waals surface area contributed by atoms with E-state index in [1.54, 1.807) is 18.2 Å². The maximum Gasteiger partial charge on any atom is 0.238 e. The Balaban J connectivity index is 1.88. The minimum absolute atomic E-state index is 0.0355. The number of aliphatic hydroxyl groups excluding tert-OH is 1. The Kier molecular flexibility index (Phi) is 5.81. The molecule has 0 bridgehead atoms. The Bertz CT molecular complexity index is 498. The van der Waals surface area contributed by atoms with Gasteiger partial charge in [0.2, 0.25) is 5.91 Å². The van der Waals surface area contributed by atoms with E-state index < -0.39 is 0 Å². The van der Waals surface area contributed by atoms with Crippen LogP contribution < -0.4 is 10.1 Å². The van der Waals surface area contributed by atoms with Crippen molar-refractivity contribution in [1.82, 2.24) is 4.90 Å². The zero-order chi connectivity index (χ0) is 15.2. The number of nitrogens with zero attached hydrogens (tertiary/aromatic N) is 1. The quantitative estimate of drug-likeness (QED) is 0.848. The highest BCUT2D eigenvalue weighted by atomic mass is 35.5. The van der Waals surface area contributed by atoms with Gasteiger partial charge >= 0.3 is 0 Å². The number of carbonyl (C=O) groups is 1. The third-order valence-electron chi connectivity index (χ3n) is 3.23. The summed E-state index contributed by atoms with van der Waals surface area (Å²) in [4.78, 5) is 14.0. The maximum absolute atomic E-state index is 12.0. The molecule has 6 nitrogen and oxygen atoms in total. The second kappa shape index (κ2) is 7.61. The van der Waals surface area contributed by atoms with Crippen molar-refractivity contribution in [1.29, 1.82) is 0 Å². The number of rotatable bonds is 5. The van der Waals surface area contributed by atoms with Gasteiger partial charge < -0.3 is 19.9 Å². The highest BCUT2D eigenvalue weighted by molar-refractivity contribution is 6.32. The summed E-state index contributed by atoms with van der Waals surface area (Å²) in [6, 6.07) is 5.08. The molecule has 0 spiro atoms. The summed E-state index contributed by atoms with van der Waals surface area (Å²) < 4.78 is 10.4. The number of morpholine rings is 1. The molecule has 2 rings (SSSR count). The SMILES string of the molecule is COc1ccc(NC(=O)CN2CCOC(CO)C2)cc1Cl. The van der Waals surface area contributed by atoms with Gasteiger partial charge in [-0.2, -0.15) is 0 Å². The largest absolute Gasteiger partial charge is 0.495 e. The predicted octanol–water partition coefficient (Wildman–Crippen LogP) is 0.980. The second-order valence-corrected chi connectivity index (χ2v) is 5.22. The van der Waals surface area contributed by atoms with Crippen LogP contribution in [0.15, 0.2) is 18.2 Å². The average molecular weight is 315 g/mol. The smallest absolute Gasteiger partial charge is 0.238 e. The summed E-state index contributed by atoms with van der Waals surface area (Å²) in [7, 11) is 1.54. The highest BCUT2D eigenvalue weighted by Crippen LogP contribution is 2.27. The fourth-order valence-electron chi connectivity index (χ4n) is 2.18. The van der Waals surface area contributed by atoms with Crippen molar-refractivity contribution in [3.8, 4) is 5.75 Å². The van der Waals surface area contributed by atoms with E-state index in [1.807, 2.05) is 4.90 Å². The van der Waals surface area contributed by atoms with Gasteiger partial charge in [0.15, 0.2) is 0 Å². The number of amides is 1. The van der Waals surface area contributed by atoms with Gasteiger partial charge in [0, 0.05) is 18.8 Å². The zero-order valence-electron chi connectivity index (χ0n) is 11.8. The number of carbonyl (C=O) groups excluding carboxylic acids is 1. The van der Waals surface area contributed by atoms with E-state index in [9.17, 15) is 4.79 Å². The zero-order valence-corrected chi connectivity index (χ0v) is 12.6.